The minimum absolute atomic E-state index is 0.637. The van der Waals surface area contributed by atoms with Crippen LogP contribution in [0.1, 0.15) is 45.1 Å². The predicted molar refractivity (Wildman–Crippen MR) is 83.1 cm³/mol. The van der Waals surface area contributed by atoms with Crippen LogP contribution in [0.5, 0.6) is 0 Å². The molecule has 1 aliphatic rings. The quantitative estimate of drug-likeness (QED) is 0.790. The van der Waals surface area contributed by atoms with E-state index in [2.05, 4.69) is 60.2 Å². The summed E-state index contributed by atoms with van der Waals surface area (Å²) >= 11 is 3.67. The van der Waals surface area contributed by atoms with Crippen molar-refractivity contribution >= 4 is 21.6 Å². The lowest BCUT2D eigenvalue weighted by Crippen LogP contribution is -2.35. The number of anilines is 1. The van der Waals surface area contributed by atoms with E-state index >= 15 is 0 Å². The van der Waals surface area contributed by atoms with Gasteiger partial charge in [0, 0.05) is 16.2 Å². The van der Waals surface area contributed by atoms with Gasteiger partial charge in [0.2, 0.25) is 0 Å². The molecule has 1 aliphatic carbocycles. The van der Waals surface area contributed by atoms with Crippen molar-refractivity contribution < 1.29 is 0 Å². The summed E-state index contributed by atoms with van der Waals surface area (Å²) in [4.78, 5) is 0. The molecule has 2 atom stereocenters. The molecule has 0 bridgehead atoms. The average Bonchev–Trinajstić information content (AvgIpc) is 2.33. The van der Waals surface area contributed by atoms with E-state index in [4.69, 9.17) is 0 Å². The molecule has 1 aromatic carbocycles. The highest BCUT2D eigenvalue weighted by atomic mass is 79.9. The van der Waals surface area contributed by atoms with Crippen molar-refractivity contribution in [3.63, 3.8) is 0 Å². The van der Waals surface area contributed by atoms with Crippen LogP contribution in [-0.2, 0) is 0 Å². The standard InChI is InChI=1S/C16H24BrN/c1-11(2)13-6-4-5-7-15(13)18-16-9-8-12(3)10-14(16)17/h8-11,13,15,18H,4-7H2,1-3H3. The number of halogens is 1. The Kier molecular flexibility index (Phi) is 4.71. The molecular weight excluding hydrogens is 286 g/mol. The Morgan fingerprint density at radius 1 is 1.22 bits per heavy atom. The molecule has 1 N–H and O–H groups in total. The number of hydrogen-bond donors (Lipinski definition) is 1. The summed E-state index contributed by atoms with van der Waals surface area (Å²) in [6.45, 7) is 6.84. The van der Waals surface area contributed by atoms with E-state index in [0.717, 1.165) is 11.8 Å². The molecule has 100 valence electrons. The van der Waals surface area contributed by atoms with Gasteiger partial charge in [0.25, 0.3) is 0 Å². The molecule has 0 amide bonds. The third-order valence-electron chi connectivity index (χ3n) is 4.14. The molecule has 1 saturated carbocycles. The number of benzene rings is 1. The van der Waals surface area contributed by atoms with Crippen LogP contribution in [0, 0.1) is 18.8 Å². The fourth-order valence-electron chi connectivity index (χ4n) is 3.07. The summed E-state index contributed by atoms with van der Waals surface area (Å²) in [5, 5.41) is 3.76. The van der Waals surface area contributed by atoms with Crippen LogP contribution in [-0.4, -0.2) is 6.04 Å². The first kappa shape index (κ1) is 13.9. The summed E-state index contributed by atoms with van der Waals surface area (Å²) in [6.07, 6.45) is 5.45. The first-order valence-electron chi connectivity index (χ1n) is 7.10. The molecule has 0 saturated heterocycles. The Morgan fingerprint density at radius 2 is 1.94 bits per heavy atom. The largest absolute Gasteiger partial charge is 0.381 e. The van der Waals surface area contributed by atoms with Crippen LogP contribution < -0.4 is 5.32 Å². The van der Waals surface area contributed by atoms with Gasteiger partial charge in [-0.3, -0.25) is 0 Å². The third-order valence-corrected chi connectivity index (χ3v) is 4.80. The van der Waals surface area contributed by atoms with Crippen LogP contribution in [0.25, 0.3) is 0 Å². The van der Waals surface area contributed by atoms with Crippen molar-refractivity contribution in [2.24, 2.45) is 11.8 Å². The maximum Gasteiger partial charge on any atom is 0.0487 e. The number of rotatable bonds is 3. The first-order valence-corrected chi connectivity index (χ1v) is 7.90. The molecule has 1 nitrogen and oxygen atoms in total. The first-order chi connectivity index (χ1) is 8.58. The van der Waals surface area contributed by atoms with Crippen LogP contribution in [0.3, 0.4) is 0 Å². The smallest absolute Gasteiger partial charge is 0.0487 e. The molecule has 0 spiro atoms. The molecule has 18 heavy (non-hydrogen) atoms. The topological polar surface area (TPSA) is 12.0 Å². The Bertz CT molecular complexity index is 400. The zero-order chi connectivity index (χ0) is 13.1. The van der Waals surface area contributed by atoms with E-state index in [9.17, 15) is 0 Å². The second-order valence-corrected chi connectivity index (χ2v) is 6.78. The van der Waals surface area contributed by atoms with E-state index in [1.165, 1.54) is 41.4 Å². The van der Waals surface area contributed by atoms with E-state index in [1.54, 1.807) is 0 Å². The van der Waals surface area contributed by atoms with E-state index < -0.39 is 0 Å². The monoisotopic (exact) mass is 309 g/mol. The molecule has 0 aliphatic heterocycles. The lowest BCUT2D eigenvalue weighted by Gasteiger charge is -2.35. The van der Waals surface area contributed by atoms with Crippen LogP contribution >= 0.6 is 15.9 Å². The highest BCUT2D eigenvalue weighted by molar-refractivity contribution is 9.10. The van der Waals surface area contributed by atoms with Crippen molar-refractivity contribution in [3.05, 3.63) is 28.2 Å². The number of hydrogen-bond acceptors (Lipinski definition) is 1. The van der Waals surface area contributed by atoms with Crippen LogP contribution in [0.2, 0.25) is 0 Å². The van der Waals surface area contributed by atoms with Crippen molar-refractivity contribution in [3.8, 4) is 0 Å². The fourth-order valence-corrected chi connectivity index (χ4v) is 3.68. The minimum Gasteiger partial charge on any atom is -0.381 e. The number of nitrogens with one attached hydrogen (secondary N) is 1. The second-order valence-electron chi connectivity index (χ2n) is 5.93. The summed E-state index contributed by atoms with van der Waals surface area (Å²) < 4.78 is 1.19. The average molecular weight is 310 g/mol. The Labute approximate surface area is 119 Å². The summed E-state index contributed by atoms with van der Waals surface area (Å²) in [5.41, 5.74) is 2.55. The highest BCUT2D eigenvalue weighted by Crippen LogP contribution is 2.34. The predicted octanol–water partition coefficient (Wildman–Crippen LogP) is 5.38. The third kappa shape index (κ3) is 3.28. The van der Waals surface area contributed by atoms with Gasteiger partial charge in [0.05, 0.1) is 0 Å². The lowest BCUT2D eigenvalue weighted by molar-refractivity contribution is 0.254. The van der Waals surface area contributed by atoms with Gasteiger partial charge in [-0.2, -0.15) is 0 Å². The van der Waals surface area contributed by atoms with Gasteiger partial charge in [0.15, 0.2) is 0 Å². The summed E-state index contributed by atoms with van der Waals surface area (Å²) in [7, 11) is 0. The van der Waals surface area contributed by atoms with Crippen molar-refractivity contribution in [1.82, 2.24) is 0 Å². The van der Waals surface area contributed by atoms with Gasteiger partial charge in [-0.25, -0.2) is 0 Å². The van der Waals surface area contributed by atoms with Gasteiger partial charge < -0.3 is 5.32 Å². The number of aryl methyl sites for hydroxylation is 1. The molecule has 0 heterocycles. The van der Waals surface area contributed by atoms with Gasteiger partial charge >= 0.3 is 0 Å². The van der Waals surface area contributed by atoms with Crippen LogP contribution in [0.15, 0.2) is 22.7 Å². The maximum atomic E-state index is 3.76. The van der Waals surface area contributed by atoms with Crippen LogP contribution in [0.4, 0.5) is 5.69 Å². The molecule has 2 heteroatoms. The van der Waals surface area contributed by atoms with Crippen molar-refractivity contribution in [1.29, 1.82) is 0 Å². The Morgan fingerprint density at radius 3 is 2.61 bits per heavy atom. The lowest BCUT2D eigenvalue weighted by atomic mass is 9.78. The van der Waals surface area contributed by atoms with Crippen molar-refractivity contribution in [2.45, 2.75) is 52.5 Å². The van der Waals surface area contributed by atoms with Gasteiger partial charge in [-0.15, -0.1) is 0 Å². The zero-order valence-corrected chi connectivity index (χ0v) is 13.3. The second kappa shape index (κ2) is 6.10. The summed E-state index contributed by atoms with van der Waals surface area (Å²) in [6, 6.07) is 7.21. The highest BCUT2D eigenvalue weighted by Gasteiger charge is 2.27. The minimum atomic E-state index is 0.637. The molecular formula is C16H24BrN. The van der Waals surface area contributed by atoms with Crippen molar-refractivity contribution in [2.75, 3.05) is 5.32 Å². The molecule has 2 rings (SSSR count). The van der Waals surface area contributed by atoms with Gasteiger partial charge in [-0.05, 0) is 65.2 Å². The van der Waals surface area contributed by atoms with Gasteiger partial charge in [0.1, 0.15) is 0 Å². The van der Waals surface area contributed by atoms with Gasteiger partial charge in [-0.1, -0.05) is 32.8 Å². The normalized spacial score (nSPS) is 24.3. The summed E-state index contributed by atoms with van der Waals surface area (Å²) in [5.74, 6) is 1.58. The Hall–Kier alpha value is -0.500. The van der Waals surface area contributed by atoms with E-state index in [0.29, 0.717) is 6.04 Å². The Balaban J connectivity index is 2.11. The molecule has 0 radical (unpaired) electrons. The molecule has 1 fully saturated rings. The molecule has 1 aromatic rings. The molecule has 2 unspecified atom stereocenters. The fraction of sp³-hybridized carbons (Fsp3) is 0.625. The van der Waals surface area contributed by atoms with E-state index in [1.807, 2.05) is 0 Å². The van der Waals surface area contributed by atoms with E-state index in [-0.39, 0.29) is 0 Å². The molecule has 0 aromatic heterocycles. The SMILES string of the molecule is Cc1ccc(NC2CCCCC2C(C)C)c(Br)c1. The maximum absolute atomic E-state index is 3.76. The zero-order valence-electron chi connectivity index (χ0n) is 11.7.